The Morgan fingerprint density at radius 2 is 2.10 bits per heavy atom. The normalized spacial score (nSPS) is 22.5. The summed E-state index contributed by atoms with van der Waals surface area (Å²) in [5.74, 6) is 0.643. The molecule has 21 heavy (non-hydrogen) atoms. The molecular weight excluding hydrogens is 282 g/mol. The Bertz CT molecular complexity index is 558. The average molecular weight is 306 g/mol. The van der Waals surface area contributed by atoms with Gasteiger partial charge >= 0.3 is 0 Å². The molecular formula is C18H24ClNO. The first-order valence-corrected chi connectivity index (χ1v) is 7.87. The summed E-state index contributed by atoms with van der Waals surface area (Å²) in [6.45, 7) is 9.16. The SMILES string of the molecule is CC(C)=C[C@H]1[C@@H](C(=O)NCCc2cccc(Cl)c2)C1(C)C. The topological polar surface area (TPSA) is 29.1 Å². The van der Waals surface area contributed by atoms with E-state index in [4.69, 9.17) is 11.6 Å². The molecule has 2 rings (SSSR count). The highest BCUT2D eigenvalue weighted by atomic mass is 35.5. The minimum atomic E-state index is 0.0808. The van der Waals surface area contributed by atoms with E-state index in [9.17, 15) is 4.79 Å². The summed E-state index contributed by atoms with van der Waals surface area (Å²) in [5, 5.41) is 3.80. The van der Waals surface area contributed by atoms with Crippen LogP contribution in [0.15, 0.2) is 35.9 Å². The van der Waals surface area contributed by atoms with Crippen LogP contribution < -0.4 is 5.32 Å². The van der Waals surface area contributed by atoms with Crippen molar-refractivity contribution >= 4 is 17.5 Å². The molecule has 0 unspecified atom stereocenters. The van der Waals surface area contributed by atoms with Gasteiger partial charge in [-0.3, -0.25) is 4.79 Å². The Balaban J connectivity index is 1.85. The maximum atomic E-state index is 12.3. The molecule has 1 amide bonds. The number of hydrogen-bond acceptors (Lipinski definition) is 1. The van der Waals surface area contributed by atoms with E-state index in [1.54, 1.807) is 0 Å². The van der Waals surface area contributed by atoms with Gasteiger partial charge in [-0.15, -0.1) is 0 Å². The number of amides is 1. The first-order chi connectivity index (χ1) is 9.82. The van der Waals surface area contributed by atoms with Gasteiger partial charge in [-0.1, -0.05) is 49.2 Å². The van der Waals surface area contributed by atoms with Gasteiger partial charge in [0.25, 0.3) is 0 Å². The van der Waals surface area contributed by atoms with Gasteiger partial charge in [-0.2, -0.15) is 0 Å². The fourth-order valence-corrected chi connectivity index (χ4v) is 3.19. The van der Waals surface area contributed by atoms with Crippen molar-refractivity contribution < 1.29 is 4.79 Å². The first-order valence-electron chi connectivity index (χ1n) is 7.49. The second-order valence-electron chi connectivity index (χ2n) is 6.74. The molecule has 3 heteroatoms. The van der Waals surface area contributed by atoms with Crippen molar-refractivity contribution in [2.45, 2.75) is 34.1 Å². The molecule has 0 aromatic heterocycles. The number of nitrogens with one attached hydrogen (secondary N) is 1. The summed E-state index contributed by atoms with van der Waals surface area (Å²) in [6, 6.07) is 7.78. The molecule has 1 aromatic carbocycles. The Morgan fingerprint density at radius 3 is 2.71 bits per heavy atom. The third-order valence-electron chi connectivity index (χ3n) is 4.31. The third kappa shape index (κ3) is 3.88. The Hall–Kier alpha value is -1.28. The fourth-order valence-electron chi connectivity index (χ4n) is 2.98. The van der Waals surface area contributed by atoms with Gasteiger partial charge in [0.2, 0.25) is 5.91 Å². The van der Waals surface area contributed by atoms with Crippen LogP contribution in [0.5, 0.6) is 0 Å². The zero-order valence-corrected chi connectivity index (χ0v) is 14.0. The van der Waals surface area contributed by atoms with Crippen molar-refractivity contribution in [1.82, 2.24) is 5.32 Å². The molecule has 2 atom stereocenters. The molecule has 0 heterocycles. The lowest BCUT2D eigenvalue weighted by molar-refractivity contribution is -0.123. The Morgan fingerprint density at radius 1 is 1.38 bits per heavy atom. The van der Waals surface area contributed by atoms with Gasteiger partial charge in [0.15, 0.2) is 0 Å². The average Bonchev–Trinajstić information content (AvgIpc) is 2.89. The quantitative estimate of drug-likeness (QED) is 0.810. The first kappa shape index (κ1) is 16.1. The standard InChI is InChI=1S/C18H24ClNO/c1-12(2)10-15-16(18(15,3)4)17(21)20-9-8-13-6-5-7-14(19)11-13/h5-7,10-11,15-16H,8-9H2,1-4H3,(H,20,21)/t15-,16-/m0/s1. The van der Waals surface area contributed by atoms with Crippen LogP contribution in [0.1, 0.15) is 33.3 Å². The summed E-state index contributed by atoms with van der Waals surface area (Å²) in [6.07, 6.45) is 3.04. The van der Waals surface area contributed by atoms with Gasteiger partial charge in [-0.25, -0.2) is 0 Å². The van der Waals surface area contributed by atoms with Crippen LogP contribution in [0.3, 0.4) is 0 Å². The second kappa shape index (κ2) is 6.23. The van der Waals surface area contributed by atoms with E-state index in [0.29, 0.717) is 12.5 Å². The molecule has 0 bridgehead atoms. The van der Waals surface area contributed by atoms with Crippen molar-refractivity contribution in [2.24, 2.45) is 17.3 Å². The third-order valence-corrected chi connectivity index (χ3v) is 4.54. The van der Waals surface area contributed by atoms with E-state index >= 15 is 0 Å². The highest BCUT2D eigenvalue weighted by molar-refractivity contribution is 6.30. The largest absolute Gasteiger partial charge is 0.355 e. The number of benzene rings is 1. The van der Waals surface area contributed by atoms with Crippen molar-refractivity contribution in [3.05, 3.63) is 46.5 Å². The number of carbonyl (C=O) groups is 1. The van der Waals surface area contributed by atoms with E-state index in [1.807, 2.05) is 24.3 Å². The summed E-state index contributed by atoms with van der Waals surface area (Å²) < 4.78 is 0. The van der Waals surface area contributed by atoms with Crippen LogP contribution in [0.2, 0.25) is 5.02 Å². The number of hydrogen-bond donors (Lipinski definition) is 1. The summed E-state index contributed by atoms with van der Waals surface area (Å²) in [4.78, 5) is 12.3. The summed E-state index contributed by atoms with van der Waals surface area (Å²) >= 11 is 5.96. The van der Waals surface area contributed by atoms with Crippen LogP contribution in [-0.4, -0.2) is 12.5 Å². The lowest BCUT2D eigenvalue weighted by Gasteiger charge is -2.06. The lowest BCUT2D eigenvalue weighted by atomic mass is 10.1. The smallest absolute Gasteiger partial charge is 0.224 e. The number of rotatable bonds is 5. The maximum absolute atomic E-state index is 12.3. The van der Waals surface area contributed by atoms with Crippen molar-refractivity contribution in [1.29, 1.82) is 0 Å². The highest BCUT2D eigenvalue weighted by Gasteiger charge is 2.60. The molecule has 0 saturated heterocycles. The van der Waals surface area contributed by atoms with Crippen LogP contribution in [0.25, 0.3) is 0 Å². The molecule has 0 aliphatic heterocycles. The van der Waals surface area contributed by atoms with E-state index < -0.39 is 0 Å². The molecule has 1 aromatic rings. The van der Waals surface area contributed by atoms with E-state index in [1.165, 1.54) is 5.57 Å². The van der Waals surface area contributed by atoms with Crippen molar-refractivity contribution in [3.8, 4) is 0 Å². The monoisotopic (exact) mass is 305 g/mol. The highest BCUT2D eigenvalue weighted by Crippen LogP contribution is 2.59. The molecule has 1 saturated carbocycles. The van der Waals surface area contributed by atoms with Crippen molar-refractivity contribution in [3.63, 3.8) is 0 Å². The summed E-state index contributed by atoms with van der Waals surface area (Å²) in [7, 11) is 0. The molecule has 1 aliphatic rings. The fraction of sp³-hybridized carbons (Fsp3) is 0.500. The van der Waals surface area contributed by atoms with Crippen LogP contribution in [-0.2, 0) is 11.2 Å². The minimum absolute atomic E-state index is 0.0808. The molecule has 114 valence electrons. The molecule has 1 aliphatic carbocycles. The molecule has 0 spiro atoms. The molecule has 1 fully saturated rings. The maximum Gasteiger partial charge on any atom is 0.224 e. The van der Waals surface area contributed by atoms with Crippen molar-refractivity contribution in [2.75, 3.05) is 6.54 Å². The van der Waals surface area contributed by atoms with Gasteiger partial charge in [0, 0.05) is 11.6 Å². The Labute approximate surface area is 132 Å². The van der Waals surface area contributed by atoms with Gasteiger partial charge in [-0.05, 0) is 49.3 Å². The summed E-state index contributed by atoms with van der Waals surface area (Å²) in [5.41, 5.74) is 2.51. The lowest BCUT2D eigenvalue weighted by Crippen LogP contribution is -2.28. The molecule has 2 nitrogen and oxygen atoms in total. The number of allylic oxidation sites excluding steroid dienone is 2. The van der Waals surface area contributed by atoms with E-state index in [2.05, 4.69) is 39.1 Å². The predicted octanol–water partition coefficient (Wildman–Crippen LogP) is 4.24. The zero-order chi connectivity index (χ0) is 15.6. The van der Waals surface area contributed by atoms with E-state index in [-0.39, 0.29) is 17.2 Å². The predicted molar refractivity (Wildman–Crippen MR) is 88.4 cm³/mol. The van der Waals surface area contributed by atoms with Crippen LogP contribution in [0, 0.1) is 17.3 Å². The van der Waals surface area contributed by atoms with Crippen LogP contribution in [0.4, 0.5) is 0 Å². The Kier molecular flexibility index (Phi) is 4.77. The zero-order valence-electron chi connectivity index (χ0n) is 13.2. The number of halogens is 1. The molecule has 0 radical (unpaired) electrons. The second-order valence-corrected chi connectivity index (χ2v) is 7.18. The number of carbonyl (C=O) groups excluding carboxylic acids is 1. The van der Waals surface area contributed by atoms with E-state index in [0.717, 1.165) is 17.0 Å². The molecule has 1 N–H and O–H groups in total. The minimum Gasteiger partial charge on any atom is -0.355 e. The van der Waals surface area contributed by atoms with Gasteiger partial charge < -0.3 is 5.32 Å². The van der Waals surface area contributed by atoms with Crippen LogP contribution >= 0.6 is 11.6 Å². The van der Waals surface area contributed by atoms with Gasteiger partial charge in [0.05, 0.1) is 5.92 Å². The van der Waals surface area contributed by atoms with Gasteiger partial charge in [0.1, 0.15) is 0 Å².